The van der Waals surface area contributed by atoms with Gasteiger partial charge in [-0.25, -0.2) is 0 Å². The number of aromatic nitrogens is 3. The van der Waals surface area contributed by atoms with Crippen LogP contribution in [0.4, 0.5) is 10.8 Å². The van der Waals surface area contributed by atoms with Gasteiger partial charge < -0.3 is 15.2 Å². The molecule has 102 valence electrons. The molecule has 3 N–H and O–H groups in total. The van der Waals surface area contributed by atoms with Crippen LogP contribution in [0.15, 0.2) is 33.7 Å². The number of aromatic amines is 1. The monoisotopic (exact) mass is 307 g/mol. The normalized spacial score (nSPS) is 11.7. The summed E-state index contributed by atoms with van der Waals surface area (Å²) in [5.74, 6) is -0.563. The van der Waals surface area contributed by atoms with E-state index < -0.39 is 0 Å². The average molecular weight is 307 g/mol. The van der Waals surface area contributed by atoms with E-state index >= 15 is 0 Å². The summed E-state index contributed by atoms with van der Waals surface area (Å²) in [6.07, 6.45) is 3.56. The fraction of sp³-hybridized carbons (Fsp3) is 0.0909. The number of H-pyrrole nitrogens is 1. The zero-order valence-corrected chi connectivity index (χ0v) is 11.9. The average Bonchev–Trinajstić information content (AvgIpc) is 3.07. The molecule has 0 spiro atoms. The highest BCUT2D eigenvalue weighted by Gasteiger charge is 2.13. The van der Waals surface area contributed by atoms with E-state index in [2.05, 4.69) is 24.6 Å². The Morgan fingerprint density at radius 2 is 2.20 bits per heavy atom. The maximum Gasteiger partial charge on any atom is 0.250 e. The van der Waals surface area contributed by atoms with E-state index in [1.165, 1.54) is 17.8 Å². The summed E-state index contributed by atoms with van der Waals surface area (Å²) in [6, 6.07) is 3.22. The smallest absolute Gasteiger partial charge is 0.250 e. The van der Waals surface area contributed by atoms with Gasteiger partial charge in [-0.15, -0.1) is 10.2 Å². The first-order chi connectivity index (χ1) is 9.69. The highest BCUT2D eigenvalue weighted by Crippen LogP contribution is 2.42. The van der Waals surface area contributed by atoms with E-state index in [0.29, 0.717) is 15.8 Å². The van der Waals surface area contributed by atoms with Crippen molar-refractivity contribution in [3.8, 4) is 11.5 Å². The number of nitrogens with one attached hydrogen (secondary N) is 1. The van der Waals surface area contributed by atoms with Gasteiger partial charge in [0.25, 0.3) is 0 Å². The molecular formula is C11H9N5O2S2. The fourth-order valence-electron chi connectivity index (χ4n) is 1.68. The van der Waals surface area contributed by atoms with Crippen molar-refractivity contribution in [2.24, 2.45) is 10.2 Å². The minimum atomic E-state index is -0.321. The van der Waals surface area contributed by atoms with Gasteiger partial charge in [-0.1, -0.05) is 11.8 Å². The quantitative estimate of drug-likeness (QED) is 0.389. The van der Waals surface area contributed by atoms with E-state index in [1.807, 2.05) is 6.26 Å². The zero-order chi connectivity index (χ0) is 14.1. The second kappa shape index (κ2) is 5.10. The Kier molecular flexibility index (Phi) is 3.28. The van der Waals surface area contributed by atoms with E-state index in [9.17, 15) is 10.2 Å². The molecule has 0 fully saturated rings. The van der Waals surface area contributed by atoms with Crippen LogP contribution >= 0.6 is 23.3 Å². The summed E-state index contributed by atoms with van der Waals surface area (Å²) >= 11 is 2.53. The number of phenolic OH excluding ortho intramolecular Hbond substituents is 2. The number of nitrogens with zero attached hydrogens (tertiary/aromatic N) is 4. The van der Waals surface area contributed by atoms with Crippen molar-refractivity contribution in [2.45, 2.75) is 5.16 Å². The Morgan fingerprint density at radius 1 is 1.35 bits per heavy atom. The van der Waals surface area contributed by atoms with Crippen LogP contribution in [0.3, 0.4) is 0 Å². The van der Waals surface area contributed by atoms with Crippen LogP contribution in [-0.2, 0) is 0 Å². The van der Waals surface area contributed by atoms with Crippen LogP contribution in [0.5, 0.6) is 11.5 Å². The van der Waals surface area contributed by atoms with Gasteiger partial charge in [-0.3, -0.25) is 0 Å². The molecular weight excluding hydrogens is 298 g/mol. The molecule has 3 rings (SSSR count). The Labute approximate surface area is 121 Å². The minimum Gasteiger partial charge on any atom is -0.504 e. The minimum absolute atomic E-state index is 0.172. The number of azo groups is 1. The van der Waals surface area contributed by atoms with Crippen LogP contribution in [0, 0.1) is 0 Å². The first-order valence-corrected chi connectivity index (χ1v) is 7.50. The lowest BCUT2D eigenvalue weighted by molar-refractivity contribution is 0.405. The van der Waals surface area contributed by atoms with Gasteiger partial charge in [0, 0.05) is 23.1 Å². The number of hydrogen-bond donors (Lipinski definition) is 3. The van der Waals surface area contributed by atoms with Crippen molar-refractivity contribution in [3.05, 3.63) is 18.3 Å². The van der Waals surface area contributed by atoms with E-state index in [0.717, 1.165) is 16.9 Å². The zero-order valence-electron chi connectivity index (χ0n) is 10.2. The molecule has 7 nitrogen and oxygen atoms in total. The van der Waals surface area contributed by atoms with Crippen molar-refractivity contribution in [1.29, 1.82) is 0 Å². The molecule has 0 aliphatic heterocycles. The summed E-state index contributed by atoms with van der Waals surface area (Å²) < 4.78 is 4.06. The number of thioether (sulfide) groups is 1. The topological polar surface area (TPSA) is 107 Å². The Morgan fingerprint density at radius 3 is 2.95 bits per heavy atom. The Hall–Kier alpha value is -2.13. The van der Waals surface area contributed by atoms with Gasteiger partial charge in [0.15, 0.2) is 17.2 Å². The SMILES string of the molecule is CSc1nsc(N=Nc2c(O)c(O)cc3cc[nH]c23)n1. The molecule has 2 aromatic heterocycles. The van der Waals surface area contributed by atoms with Gasteiger partial charge in [0.1, 0.15) is 0 Å². The second-order valence-electron chi connectivity index (χ2n) is 3.80. The van der Waals surface area contributed by atoms with Crippen LogP contribution < -0.4 is 0 Å². The second-order valence-corrected chi connectivity index (χ2v) is 5.30. The molecule has 3 aromatic rings. The van der Waals surface area contributed by atoms with Gasteiger partial charge in [-0.05, 0) is 18.4 Å². The van der Waals surface area contributed by atoms with Crippen molar-refractivity contribution in [3.63, 3.8) is 0 Å². The third kappa shape index (κ3) is 2.21. The molecule has 0 aliphatic carbocycles. The summed E-state index contributed by atoms with van der Waals surface area (Å²) in [5.41, 5.74) is 0.768. The third-order valence-corrected chi connectivity index (χ3v) is 3.85. The molecule has 0 atom stereocenters. The number of phenols is 2. The Bertz CT molecular complexity index is 795. The van der Waals surface area contributed by atoms with Crippen LogP contribution in [0.1, 0.15) is 0 Å². The van der Waals surface area contributed by atoms with Crippen LogP contribution in [-0.4, -0.2) is 30.8 Å². The Balaban J connectivity index is 2.05. The van der Waals surface area contributed by atoms with E-state index in [4.69, 9.17) is 0 Å². The van der Waals surface area contributed by atoms with Gasteiger partial charge in [-0.2, -0.15) is 9.36 Å². The molecule has 0 saturated heterocycles. The molecule has 20 heavy (non-hydrogen) atoms. The highest BCUT2D eigenvalue weighted by atomic mass is 32.2. The summed E-state index contributed by atoms with van der Waals surface area (Å²) in [4.78, 5) is 7.07. The lowest BCUT2D eigenvalue weighted by Gasteiger charge is -2.02. The van der Waals surface area contributed by atoms with Crippen molar-refractivity contribution in [1.82, 2.24) is 14.3 Å². The van der Waals surface area contributed by atoms with E-state index in [-0.39, 0.29) is 17.2 Å². The maximum absolute atomic E-state index is 9.88. The molecule has 0 amide bonds. The standard InChI is InChI=1S/C11H9N5O2S2/c1-19-11-13-10(20-16-11)15-14-8-7-5(2-3-12-7)4-6(17)9(8)18/h2-4,12,17-18H,1H3. The van der Waals surface area contributed by atoms with Gasteiger partial charge in [0.05, 0.1) is 5.52 Å². The third-order valence-electron chi connectivity index (χ3n) is 2.59. The van der Waals surface area contributed by atoms with Gasteiger partial charge >= 0.3 is 0 Å². The number of hydrogen-bond acceptors (Lipinski definition) is 8. The number of aromatic hydroxyl groups is 2. The van der Waals surface area contributed by atoms with Gasteiger partial charge in [0.2, 0.25) is 10.3 Å². The number of rotatable bonds is 3. The molecule has 9 heteroatoms. The molecule has 0 aliphatic rings. The maximum atomic E-state index is 9.88. The summed E-state index contributed by atoms with van der Waals surface area (Å²) in [5, 5.41) is 29.2. The molecule has 0 saturated carbocycles. The van der Waals surface area contributed by atoms with Crippen molar-refractivity contribution < 1.29 is 10.2 Å². The number of benzene rings is 1. The predicted octanol–water partition coefficient (Wildman–Crippen LogP) is 3.57. The molecule has 2 heterocycles. The molecule has 0 unspecified atom stereocenters. The highest BCUT2D eigenvalue weighted by molar-refractivity contribution is 7.98. The summed E-state index contributed by atoms with van der Waals surface area (Å²) in [6.45, 7) is 0. The molecule has 0 radical (unpaired) electrons. The van der Waals surface area contributed by atoms with Crippen LogP contribution in [0.25, 0.3) is 10.9 Å². The summed E-state index contributed by atoms with van der Waals surface area (Å²) in [7, 11) is 0. The van der Waals surface area contributed by atoms with Crippen molar-refractivity contribution in [2.75, 3.05) is 6.26 Å². The number of fused-ring (bicyclic) bond motifs is 1. The predicted molar refractivity (Wildman–Crippen MR) is 77.5 cm³/mol. The lowest BCUT2D eigenvalue weighted by Crippen LogP contribution is -1.75. The van der Waals surface area contributed by atoms with Crippen molar-refractivity contribution >= 4 is 45.0 Å². The first kappa shape index (κ1) is 12.9. The van der Waals surface area contributed by atoms with Crippen LogP contribution in [0.2, 0.25) is 0 Å². The molecule has 0 bridgehead atoms. The first-order valence-electron chi connectivity index (χ1n) is 5.50. The fourth-order valence-corrected chi connectivity index (χ4v) is 2.73. The molecule has 1 aromatic carbocycles. The van der Waals surface area contributed by atoms with E-state index in [1.54, 1.807) is 12.3 Å². The largest absolute Gasteiger partial charge is 0.504 e. The lowest BCUT2D eigenvalue weighted by atomic mass is 10.2.